The lowest BCUT2D eigenvalue weighted by atomic mass is 10.1. The third-order valence-electron chi connectivity index (χ3n) is 3.34. The molecule has 3 rings (SSSR count). The lowest BCUT2D eigenvalue weighted by Crippen LogP contribution is -2.36. The first kappa shape index (κ1) is 9.72. The number of anilines is 1. The lowest BCUT2D eigenvalue weighted by molar-refractivity contribution is -0.117. The summed E-state index contributed by atoms with van der Waals surface area (Å²) in [6.45, 7) is 0. The van der Waals surface area contributed by atoms with Crippen LogP contribution in [-0.4, -0.2) is 11.9 Å². The molecule has 1 unspecified atom stereocenters. The molecular formula is C11H10F2N2O. The molecule has 5 heteroatoms. The number of carbonyl (C=O) groups excluding carboxylic acids is 1. The summed E-state index contributed by atoms with van der Waals surface area (Å²) in [5.41, 5.74) is 6.32. The number of fused-ring (bicyclic) bond motifs is 3. The highest BCUT2D eigenvalue weighted by molar-refractivity contribution is 5.97. The van der Waals surface area contributed by atoms with Crippen LogP contribution in [0.2, 0.25) is 0 Å². The molecular weight excluding hydrogens is 214 g/mol. The number of benzene rings is 1. The smallest absolute Gasteiger partial charge is 0.241 e. The van der Waals surface area contributed by atoms with Gasteiger partial charge in [-0.25, -0.2) is 8.78 Å². The van der Waals surface area contributed by atoms with E-state index in [0.29, 0.717) is 5.56 Å². The van der Waals surface area contributed by atoms with Crippen molar-refractivity contribution in [2.45, 2.75) is 18.4 Å². The van der Waals surface area contributed by atoms with Gasteiger partial charge in [-0.05, 0) is 29.9 Å². The van der Waals surface area contributed by atoms with Crippen LogP contribution >= 0.6 is 0 Å². The molecule has 0 spiro atoms. The highest BCUT2D eigenvalue weighted by Crippen LogP contribution is 2.53. The highest BCUT2D eigenvalue weighted by atomic mass is 19.1. The summed E-state index contributed by atoms with van der Waals surface area (Å²) in [4.78, 5) is 11.6. The number of halogens is 2. The summed E-state index contributed by atoms with van der Waals surface area (Å²) in [5, 5.41) is 2.42. The Balaban J connectivity index is 2.15. The Hall–Kier alpha value is -1.49. The molecule has 1 amide bonds. The topological polar surface area (TPSA) is 55.1 Å². The first-order valence-corrected chi connectivity index (χ1v) is 5.13. The molecule has 1 aliphatic carbocycles. The minimum Gasteiger partial charge on any atom is -0.322 e. The Morgan fingerprint density at radius 3 is 2.88 bits per heavy atom. The largest absolute Gasteiger partial charge is 0.322 e. The molecule has 1 saturated carbocycles. The molecule has 0 saturated heterocycles. The van der Waals surface area contributed by atoms with Crippen molar-refractivity contribution < 1.29 is 13.6 Å². The maximum absolute atomic E-state index is 13.5. The Morgan fingerprint density at radius 1 is 1.38 bits per heavy atom. The zero-order chi connectivity index (χ0) is 11.4. The van der Waals surface area contributed by atoms with Crippen LogP contribution in [0.3, 0.4) is 0 Å². The molecule has 1 aromatic carbocycles. The summed E-state index contributed by atoms with van der Waals surface area (Å²) in [7, 11) is 0. The third kappa shape index (κ3) is 1.24. The van der Waals surface area contributed by atoms with Gasteiger partial charge >= 0.3 is 0 Å². The van der Waals surface area contributed by atoms with Gasteiger partial charge in [0.2, 0.25) is 5.91 Å². The fraction of sp³-hybridized carbons (Fsp3) is 0.364. The van der Waals surface area contributed by atoms with E-state index in [4.69, 9.17) is 5.73 Å². The van der Waals surface area contributed by atoms with Crippen LogP contribution in [0.25, 0.3) is 0 Å². The first-order chi connectivity index (χ1) is 7.58. The zero-order valence-corrected chi connectivity index (χ0v) is 8.34. The summed E-state index contributed by atoms with van der Waals surface area (Å²) >= 11 is 0. The van der Waals surface area contributed by atoms with Crippen LogP contribution in [-0.2, 0) is 4.79 Å². The quantitative estimate of drug-likeness (QED) is 0.698. The number of hydrogen-bond acceptors (Lipinski definition) is 2. The van der Waals surface area contributed by atoms with Gasteiger partial charge in [0.25, 0.3) is 0 Å². The standard InChI is InChI=1S/C11H10F2N2O/c12-4-1-7-5-3-6(5)9(14)11(16)15-10(7)8(13)2-4/h1-2,5-6,9H,3,14H2,(H,15,16)/t5?,6-,9-/m1/s1. The minimum absolute atomic E-state index is 0.00847. The second-order valence-electron chi connectivity index (χ2n) is 4.37. The summed E-state index contributed by atoms with van der Waals surface area (Å²) in [6, 6.07) is 1.43. The fourth-order valence-corrected chi connectivity index (χ4v) is 2.39. The van der Waals surface area contributed by atoms with Crippen molar-refractivity contribution in [3.05, 3.63) is 29.3 Å². The van der Waals surface area contributed by atoms with Crippen LogP contribution < -0.4 is 11.1 Å². The first-order valence-electron chi connectivity index (χ1n) is 5.13. The Labute approximate surface area is 90.6 Å². The number of amides is 1. The van der Waals surface area contributed by atoms with Crippen LogP contribution in [0, 0.1) is 17.6 Å². The predicted molar refractivity (Wildman–Crippen MR) is 53.8 cm³/mol. The van der Waals surface area contributed by atoms with E-state index >= 15 is 0 Å². The number of carbonyl (C=O) groups is 1. The second-order valence-corrected chi connectivity index (χ2v) is 4.37. The average Bonchev–Trinajstić information content (AvgIpc) is 2.99. The van der Waals surface area contributed by atoms with Gasteiger partial charge in [-0.2, -0.15) is 0 Å². The molecule has 3 atom stereocenters. The average molecular weight is 224 g/mol. The Bertz CT molecular complexity index is 489. The van der Waals surface area contributed by atoms with Crippen molar-refractivity contribution in [3.63, 3.8) is 0 Å². The number of nitrogens with two attached hydrogens (primary N) is 1. The molecule has 16 heavy (non-hydrogen) atoms. The van der Waals surface area contributed by atoms with Gasteiger partial charge in [-0.1, -0.05) is 0 Å². The Kier molecular flexibility index (Phi) is 1.83. The van der Waals surface area contributed by atoms with E-state index in [2.05, 4.69) is 5.32 Å². The van der Waals surface area contributed by atoms with Crippen LogP contribution in [0.1, 0.15) is 17.9 Å². The van der Waals surface area contributed by atoms with E-state index in [9.17, 15) is 13.6 Å². The van der Waals surface area contributed by atoms with Gasteiger partial charge in [-0.3, -0.25) is 4.79 Å². The minimum atomic E-state index is -0.733. The monoisotopic (exact) mass is 224 g/mol. The molecule has 1 aromatic rings. The molecule has 1 heterocycles. The molecule has 1 fully saturated rings. The van der Waals surface area contributed by atoms with E-state index in [1.165, 1.54) is 6.07 Å². The fourth-order valence-electron chi connectivity index (χ4n) is 2.39. The molecule has 84 valence electrons. The summed E-state index contributed by atoms with van der Waals surface area (Å²) in [6.07, 6.45) is 0.727. The maximum atomic E-state index is 13.5. The summed E-state index contributed by atoms with van der Waals surface area (Å²) in [5.74, 6) is -1.72. The van der Waals surface area contributed by atoms with E-state index in [1.54, 1.807) is 0 Å². The molecule has 2 aliphatic rings. The molecule has 0 aromatic heterocycles. The van der Waals surface area contributed by atoms with Crippen molar-refractivity contribution in [3.8, 4) is 0 Å². The molecule has 3 N–H and O–H groups in total. The van der Waals surface area contributed by atoms with Crippen molar-refractivity contribution in [2.24, 2.45) is 11.7 Å². The third-order valence-corrected chi connectivity index (χ3v) is 3.34. The van der Waals surface area contributed by atoms with Crippen molar-refractivity contribution in [1.29, 1.82) is 0 Å². The van der Waals surface area contributed by atoms with Crippen molar-refractivity contribution in [2.75, 3.05) is 5.32 Å². The zero-order valence-electron chi connectivity index (χ0n) is 8.34. The highest BCUT2D eigenvalue weighted by Gasteiger charge is 2.49. The predicted octanol–water partition coefficient (Wildman–Crippen LogP) is 1.35. The van der Waals surface area contributed by atoms with Gasteiger partial charge in [0.05, 0.1) is 11.7 Å². The normalized spacial score (nSPS) is 31.2. The lowest BCUT2D eigenvalue weighted by Gasteiger charge is -2.10. The van der Waals surface area contributed by atoms with E-state index in [0.717, 1.165) is 12.5 Å². The molecule has 0 bridgehead atoms. The van der Waals surface area contributed by atoms with E-state index < -0.39 is 23.6 Å². The van der Waals surface area contributed by atoms with Gasteiger partial charge in [-0.15, -0.1) is 0 Å². The van der Waals surface area contributed by atoms with E-state index in [-0.39, 0.29) is 17.5 Å². The second kappa shape index (κ2) is 3.01. The number of hydrogen-bond donors (Lipinski definition) is 2. The van der Waals surface area contributed by atoms with Crippen LogP contribution in [0.15, 0.2) is 12.1 Å². The van der Waals surface area contributed by atoms with E-state index in [1.807, 2.05) is 0 Å². The molecule has 1 aliphatic heterocycles. The molecule has 3 nitrogen and oxygen atoms in total. The van der Waals surface area contributed by atoms with Gasteiger partial charge < -0.3 is 11.1 Å². The van der Waals surface area contributed by atoms with Crippen molar-refractivity contribution >= 4 is 11.6 Å². The summed E-state index contributed by atoms with van der Waals surface area (Å²) < 4.78 is 26.6. The van der Waals surface area contributed by atoms with Gasteiger partial charge in [0.15, 0.2) is 0 Å². The SMILES string of the molecule is N[C@H]1C(=O)Nc2c(F)cc(F)cc2C2C[C@H]21. The van der Waals surface area contributed by atoms with Crippen LogP contribution in [0.5, 0.6) is 0 Å². The number of nitrogens with one attached hydrogen (secondary N) is 1. The number of rotatable bonds is 0. The Morgan fingerprint density at radius 2 is 2.12 bits per heavy atom. The maximum Gasteiger partial charge on any atom is 0.241 e. The van der Waals surface area contributed by atoms with Crippen LogP contribution in [0.4, 0.5) is 14.5 Å². The van der Waals surface area contributed by atoms with Gasteiger partial charge in [0, 0.05) is 6.07 Å². The molecule has 0 radical (unpaired) electrons. The van der Waals surface area contributed by atoms with Gasteiger partial charge in [0.1, 0.15) is 11.6 Å². The van der Waals surface area contributed by atoms with Crippen molar-refractivity contribution in [1.82, 2.24) is 0 Å².